The van der Waals surface area contributed by atoms with Crippen molar-refractivity contribution in [1.82, 2.24) is 9.55 Å². The first kappa shape index (κ1) is 21.6. The molecule has 0 radical (unpaired) electrons. The normalized spacial score (nSPS) is 12.0. The summed E-state index contributed by atoms with van der Waals surface area (Å²) in [6, 6.07) is 15.5. The van der Waals surface area contributed by atoms with Crippen molar-refractivity contribution < 1.29 is 18.0 Å². The molecule has 0 fully saturated rings. The number of aromatic nitrogens is 2. The lowest BCUT2D eigenvalue weighted by Gasteiger charge is -2.17. The zero-order valence-electron chi connectivity index (χ0n) is 16.7. The molecule has 1 aromatic heterocycles. The highest BCUT2D eigenvalue weighted by atomic mass is 32.2. The molecular weight excluding hydrogens is 439 g/mol. The number of para-hydroxylation sites is 3. The molecule has 3 aromatic carbocycles. The number of anilines is 1. The minimum Gasteiger partial charge on any atom is -0.320 e. The van der Waals surface area contributed by atoms with E-state index in [2.05, 4.69) is 10.3 Å². The van der Waals surface area contributed by atoms with Crippen LogP contribution in [0.4, 0.5) is 18.9 Å². The van der Waals surface area contributed by atoms with Gasteiger partial charge in [0.15, 0.2) is 5.16 Å². The van der Waals surface area contributed by atoms with E-state index in [-0.39, 0.29) is 16.2 Å². The Morgan fingerprint density at radius 1 is 0.938 bits per heavy atom. The Labute approximate surface area is 184 Å². The minimum atomic E-state index is -0.917. The standard InChI is InChI=1S/C23H16F3N3O2S/c1-13(21(30)28-20-16(25)9-6-10-17(20)26)32-23-27-18-11-4-2-7-14(18)22(31)29(23)19-12-5-3-8-15(19)24/h2-13H,1H3,(H,28,30). The van der Waals surface area contributed by atoms with E-state index in [0.717, 1.165) is 28.5 Å². The highest BCUT2D eigenvalue weighted by Gasteiger charge is 2.23. The molecule has 5 nitrogen and oxygen atoms in total. The van der Waals surface area contributed by atoms with E-state index >= 15 is 0 Å². The zero-order chi connectivity index (χ0) is 22.8. The Balaban J connectivity index is 1.75. The number of fused-ring (bicyclic) bond motifs is 1. The first-order chi connectivity index (χ1) is 15.4. The number of carbonyl (C=O) groups excluding carboxylic acids is 1. The van der Waals surface area contributed by atoms with Crippen molar-refractivity contribution in [3.63, 3.8) is 0 Å². The summed E-state index contributed by atoms with van der Waals surface area (Å²) < 4.78 is 43.4. The number of thioether (sulfide) groups is 1. The molecule has 4 rings (SSSR count). The molecule has 0 aliphatic carbocycles. The van der Waals surface area contributed by atoms with E-state index in [4.69, 9.17) is 0 Å². The van der Waals surface area contributed by atoms with Crippen LogP contribution in [0.15, 0.2) is 76.7 Å². The summed E-state index contributed by atoms with van der Waals surface area (Å²) in [5.41, 5.74) is -0.717. The molecule has 0 spiro atoms. The lowest BCUT2D eigenvalue weighted by Crippen LogP contribution is -2.27. The minimum absolute atomic E-state index is 0.0222. The van der Waals surface area contributed by atoms with Gasteiger partial charge in [-0.15, -0.1) is 0 Å². The van der Waals surface area contributed by atoms with Crippen LogP contribution in [-0.4, -0.2) is 20.7 Å². The van der Waals surface area contributed by atoms with Crippen LogP contribution >= 0.6 is 11.8 Å². The topological polar surface area (TPSA) is 64.0 Å². The van der Waals surface area contributed by atoms with Gasteiger partial charge in [-0.2, -0.15) is 0 Å². The lowest BCUT2D eigenvalue weighted by atomic mass is 10.2. The van der Waals surface area contributed by atoms with Crippen LogP contribution in [0.3, 0.4) is 0 Å². The molecule has 1 N–H and O–H groups in total. The second-order valence-electron chi connectivity index (χ2n) is 6.85. The summed E-state index contributed by atoms with van der Waals surface area (Å²) in [6.07, 6.45) is 0. The fourth-order valence-corrected chi connectivity index (χ4v) is 4.01. The van der Waals surface area contributed by atoms with Gasteiger partial charge in [0.1, 0.15) is 23.1 Å². The number of halogens is 3. The van der Waals surface area contributed by atoms with Gasteiger partial charge >= 0.3 is 0 Å². The Hall–Kier alpha value is -3.59. The van der Waals surface area contributed by atoms with Crippen molar-refractivity contribution in [3.8, 4) is 5.69 Å². The second kappa shape index (κ2) is 8.88. The summed E-state index contributed by atoms with van der Waals surface area (Å²) >= 11 is 0.870. The Bertz CT molecular complexity index is 1370. The highest BCUT2D eigenvalue weighted by Crippen LogP contribution is 2.27. The van der Waals surface area contributed by atoms with E-state index in [1.165, 1.54) is 31.2 Å². The smallest absolute Gasteiger partial charge is 0.266 e. The third-order valence-corrected chi connectivity index (χ3v) is 5.75. The Kier molecular flexibility index (Phi) is 6.00. The summed E-state index contributed by atoms with van der Waals surface area (Å²) in [7, 11) is 0. The molecule has 32 heavy (non-hydrogen) atoms. The summed E-state index contributed by atoms with van der Waals surface area (Å²) in [6.45, 7) is 1.49. The average molecular weight is 455 g/mol. The monoisotopic (exact) mass is 455 g/mol. The van der Waals surface area contributed by atoms with Crippen molar-refractivity contribution in [2.45, 2.75) is 17.3 Å². The molecule has 0 saturated carbocycles. The van der Waals surface area contributed by atoms with Crippen molar-refractivity contribution in [2.24, 2.45) is 0 Å². The number of hydrogen-bond donors (Lipinski definition) is 1. The van der Waals surface area contributed by atoms with Gasteiger partial charge in [-0.1, -0.05) is 42.1 Å². The molecule has 0 aliphatic heterocycles. The third kappa shape index (κ3) is 4.11. The van der Waals surface area contributed by atoms with Crippen LogP contribution in [0.25, 0.3) is 16.6 Å². The predicted molar refractivity (Wildman–Crippen MR) is 118 cm³/mol. The van der Waals surface area contributed by atoms with Crippen LogP contribution in [-0.2, 0) is 4.79 Å². The summed E-state index contributed by atoms with van der Waals surface area (Å²) in [5, 5.41) is 1.65. The van der Waals surface area contributed by atoms with Crippen LogP contribution in [0.1, 0.15) is 6.92 Å². The number of nitrogens with one attached hydrogen (secondary N) is 1. The van der Waals surface area contributed by atoms with E-state index in [0.29, 0.717) is 5.52 Å². The third-order valence-electron chi connectivity index (χ3n) is 4.70. The van der Waals surface area contributed by atoms with Crippen LogP contribution in [0.2, 0.25) is 0 Å². The van der Waals surface area contributed by atoms with Gasteiger partial charge in [0, 0.05) is 0 Å². The van der Waals surface area contributed by atoms with Gasteiger partial charge < -0.3 is 5.32 Å². The number of amides is 1. The second-order valence-corrected chi connectivity index (χ2v) is 8.16. The van der Waals surface area contributed by atoms with E-state index < -0.39 is 39.9 Å². The molecule has 0 bridgehead atoms. The predicted octanol–water partition coefficient (Wildman–Crippen LogP) is 4.92. The zero-order valence-corrected chi connectivity index (χ0v) is 17.5. The van der Waals surface area contributed by atoms with Gasteiger partial charge in [0.05, 0.1) is 21.8 Å². The molecule has 1 unspecified atom stereocenters. The van der Waals surface area contributed by atoms with Crippen molar-refractivity contribution >= 4 is 34.3 Å². The maximum Gasteiger partial charge on any atom is 0.266 e. The van der Waals surface area contributed by atoms with Gasteiger partial charge in [0.25, 0.3) is 5.56 Å². The molecule has 0 aliphatic rings. The van der Waals surface area contributed by atoms with Gasteiger partial charge in [0.2, 0.25) is 5.91 Å². The molecular formula is C23H16F3N3O2S. The molecule has 162 valence electrons. The molecule has 0 saturated heterocycles. The fraction of sp³-hybridized carbons (Fsp3) is 0.0870. The van der Waals surface area contributed by atoms with Gasteiger partial charge in [-0.3, -0.25) is 14.2 Å². The number of nitrogens with zero attached hydrogens (tertiary/aromatic N) is 2. The maximum atomic E-state index is 14.5. The van der Waals surface area contributed by atoms with E-state index in [9.17, 15) is 22.8 Å². The highest BCUT2D eigenvalue weighted by molar-refractivity contribution is 8.00. The lowest BCUT2D eigenvalue weighted by molar-refractivity contribution is -0.115. The summed E-state index contributed by atoms with van der Waals surface area (Å²) in [5.74, 6) is -3.18. The SMILES string of the molecule is CC(Sc1nc2ccccc2c(=O)n1-c1ccccc1F)C(=O)Nc1c(F)cccc1F. The van der Waals surface area contributed by atoms with Gasteiger partial charge in [-0.05, 0) is 43.3 Å². The molecule has 4 aromatic rings. The number of hydrogen-bond acceptors (Lipinski definition) is 4. The maximum absolute atomic E-state index is 14.5. The average Bonchev–Trinajstić information content (AvgIpc) is 2.77. The first-order valence-corrected chi connectivity index (χ1v) is 10.4. The number of benzene rings is 3. The number of carbonyl (C=O) groups is 1. The largest absolute Gasteiger partial charge is 0.320 e. The Morgan fingerprint density at radius 3 is 2.28 bits per heavy atom. The van der Waals surface area contributed by atoms with E-state index in [1.807, 2.05) is 0 Å². The molecule has 1 amide bonds. The van der Waals surface area contributed by atoms with Crippen molar-refractivity contribution in [1.29, 1.82) is 0 Å². The fourth-order valence-electron chi connectivity index (χ4n) is 3.09. The number of rotatable bonds is 5. The summed E-state index contributed by atoms with van der Waals surface area (Å²) in [4.78, 5) is 30.3. The first-order valence-electron chi connectivity index (χ1n) is 9.55. The van der Waals surface area contributed by atoms with Gasteiger partial charge in [-0.25, -0.2) is 18.2 Å². The van der Waals surface area contributed by atoms with E-state index in [1.54, 1.807) is 30.3 Å². The quantitative estimate of drug-likeness (QED) is 0.343. The van der Waals surface area contributed by atoms with Crippen LogP contribution in [0, 0.1) is 17.5 Å². The van der Waals surface area contributed by atoms with Crippen molar-refractivity contribution in [3.05, 3.63) is 94.5 Å². The van der Waals surface area contributed by atoms with Crippen molar-refractivity contribution in [2.75, 3.05) is 5.32 Å². The molecule has 1 heterocycles. The van der Waals surface area contributed by atoms with Crippen LogP contribution < -0.4 is 10.9 Å². The van der Waals surface area contributed by atoms with Crippen LogP contribution in [0.5, 0.6) is 0 Å². The molecule has 9 heteroatoms. The molecule has 1 atom stereocenters. The Morgan fingerprint density at radius 2 is 1.56 bits per heavy atom.